The Morgan fingerprint density at radius 2 is 1.83 bits per heavy atom. The van der Waals surface area contributed by atoms with Gasteiger partial charge in [0.05, 0.1) is 6.10 Å². The monoisotopic (exact) mass is 375 g/mol. The Labute approximate surface area is 146 Å². The number of halogens is 1. The lowest BCUT2D eigenvalue weighted by atomic mass is 10.1. The topological polar surface area (TPSA) is 29.5 Å². The van der Waals surface area contributed by atoms with Crippen molar-refractivity contribution in [3.05, 3.63) is 70.2 Å². The van der Waals surface area contributed by atoms with Crippen molar-refractivity contribution in [1.82, 2.24) is 4.90 Å². The second kappa shape index (κ2) is 9.60. The van der Waals surface area contributed by atoms with Gasteiger partial charge in [-0.2, -0.15) is 0 Å². The van der Waals surface area contributed by atoms with E-state index in [1.807, 2.05) is 30.3 Å². The van der Waals surface area contributed by atoms with E-state index in [-0.39, 0.29) is 12.7 Å². The van der Waals surface area contributed by atoms with Crippen LogP contribution in [0.25, 0.3) is 0 Å². The largest absolute Gasteiger partial charge is 0.366 e. The van der Waals surface area contributed by atoms with Crippen molar-refractivity contribution in [1.29, 1.82) is 0 Å². The Bertz CT molecular complexity index is 586. The van der Waals surface area contributed by atoms with Crippen molar-refractivity contribution in [3.8, 4) is 0 Å². The summed E-state index contributed by atoms with van der Waals surface area (Å²) in [4.78, 5) is 12.9. The van der Waals surface area contributed by atoms with Gasteiger partial charge in [-0.25, -0.2) is 0 Å². The van der Waals surface area contributed by atoms with E-state index >= 15 is 0 Å². The van der Waals surface area contributed by atoms with Gasteiger partial charge in [-0.05, 0) is 36.7 Å². The summed E-state index contributed by atoms with van der Waals surface area (Å²) in [7, 11) is 2.10. The van der Waals surface area contributed by atoms with Gasteiger partial charge < -0.3 is 14.4 Å². The van der Waals surface area contributed by atoms with Crippen LogP contribution in [0.2, 0.25) is 0 Å². The van der Waals surface area contributed by atoms with Gasteiger partial charge in [0, 0.05) is 17.6 Å². The lowest BCUT2D eigenvalue weighted by Crippen LogP contribution is -2.22. The molecule has 0 saturated heterocycles. The number of hydrogen-bond donors (Lipinski definition) is 0. The maximum Gasteiger partial charge on any atom is 0.145 e. The molecule has 0 aliphatic rings. The van der Waals surface area contributed by atoms with E-state index in [2.05, 4.69) is 52.1 Å². The van der Waals surface area contributed by atoms with E-state index < -0.39 is 0 Å². The van der Waals surface area contributed by atoms with Crippen LogP contribution in [0.4, 0.5) is 0 Å². The molecule has 1 atom stereocenters. The maximum absolute atomic E-state index is 10.6. The third-order valence-corrected chi connectivity index (χ3v) is 4.20. The van der Waals surface area contributed by atoms with Gasteiger partial charge in [0.15, 0.2) is 0 Å². The van der Waals surface area contributed by atoms with Gasteiger partial charge in [-0.3, -0.25) is 0 Å². The average Bonchev–Trinajstić information content (AvgIpc) is 2.57. The van der Waals surface area contributed by atoms with Crippen molar-refractivity contribution in [2.75, 3.05) is 20.2 Å². The molecule has 0 aliphatic carbocycles. The van der Waals surface area contributed by atoms with Gasteiger partial charge in [0.1, 0.15) is 12.9 Å². The van der Waals surface area contributed by atoms with Crippen LogP contribution < -0.4 is 0 Å². The molecule has 0 fully saturated rings. The van der Waals surface area contributed by atoms with E-state index in [9.17, 15) is 4.79 Å². The fourth-order valence-corrected chi connectivity index (χ4v) is 2.76. The van der Waals surface area contributed by atoms with Gasteiger partial charge in [0.25, 0.3) is 0 Å². The molecule has 0 N–H and O–H groups in total. The van der Waals surface area contributed by atoms with Gasteiger partial charge in [0.2, 0.25) is 0 Å². The Kier molecular flexibility index (Phi) is 7.46. The Morgan fingerprint density at radius 1 is 1.13 bits per heavy atom. The minimum atomic E-state index is -0.0634. The zero-order chi connectivity index (χ0) is 16.5. The standard InChI is InChI=1S/C19H22BrNO2/c1-21(15-16-5-3-2-4-6-16)12-11-19(23-14-13-22)17-7-9-18(20)10-8-17/h2-10,13,19H,11-12,14-15H2,1H3. The van der Waals surface area contributed by atoms with Gasteiger partial charge in [-0.1, -0.05) is 58.4 Å². The number of aldehydes is 1. The molecule has 0 saturated carbocycles. The lowest BCUT2D eigenvalue weighted by molar-refractivity contribution is -0.114. The van der Waals surface area contributed by atoms with Crippen molar-refractivity contribution >= 4 is 22.2 Å². The smallest absolute Gasteiger partial charge is 0.145 e. The highest BCUT2D eigenvalue weighted by Crippen LogP contribution is 2.23. The highest BCUT2D eigenvalue weighted by atomic mass is 79.9. The lowest BCUT2D eigenvalue weighted by Gasteiger charge is -2.22. The molecular formula is C19H22BrNO2. The number of hydrogen-bond acceptors (Lipinski definition) is 3. The van der Waals surface area contributed by atoms with E-state index in [1.165, 1.54) is 5.56 Å². The van der Waals surface area contributed by atoms with Crippen LogP contribution in [0.1, 0.15) is 23.7 Å². The summed E-state index contributed by atoms with van der Waals surface area (Å²) < 4.78 is 6.75. The number of ether oxygens (including phenoxy) is 1. The first kappa shape index (κ1) is 17.9. The molecule has 3 nitrogen and oxygen atoms in total. The molecular weight excluding hydrogens is 354 g/mol. The summed E-state index contributed by atoms with van der Waals surface area (Å²) in [6, 6.07) is 18.5. The number of benzene rings is 2. The number of rotatable bonds is 9. The minimum absolute atomic E-state index is 0.0634. The Hall–Kier alpha value is -1.49. The predicted octanol–water partition coefficient (Wildman–Crippen LogP) is 4.23. The number of nitrogens with zero attached hydrogens (tertiary/aromatic N) is 1. The molecule has 0 radical (unpaired) electrons. The number of carbonyl (C=O) groups excluding carboxylic acids is 1. The normalized spacial score (nSPS) is 12.3. The second-order valence-electron chi connectivity index (χ2n) is 5.55. The molecule has 2 aromatic rings. The summed E-state index contributed by atoms with van der Waals surface area (Å²) in [5.41, 5.74) is 2.40. The van der Waals surface area contributed by atoms with Crippen LogP contribution in [0.5, 0.6) is 0 Å². The summed E-state index contributed by atoms with van der Waals surface area (Å²) in [6.07, 6.45) is 1.59. The minimum Gasteiger partial charge on any atom is -0.366 e. The molecule has 0 spiro atoms. The van der Waals surface area contributed by atoms with Gasteiger partial charge in [-0.15, -0.1) is 0 Å². The Balaban J connectivity index is 1.92. The zero-order valence-electron chi connectivity index (χ0n) is 13.3. The average molecular weight is 376 g/mol. The predicted molar refractivity (Wildman–Crippen MR) is 96.3 cm³/mol. The second-order valence-corrected chi connectivity index (χ2v) is 6.47. The van der Waals surface area contributed by atoms with Gasteiger partial charge >= 0.3 is 0 Å². The fraction of sp³-hybridized carbons (Fsp3) is 0.316. The molecule has 0 heterocycles. The Morgan fingerprint density at radius 3 is 2.48 bits per heavy atom. The third-order valence-electron chi connectivity index (χ3n) is 3.68. The van der Waals surface area contributed by atoms with Crippen LogP contribution in [0, 0.1) is 0 Å². The summed E-state index contributed by atoms with van der Waals surface area (Å²) in [5.74, 6) is 0. The van der Waals surface area contributed by atoms with Crippen LogP contribution in [-0.2, 0) is 16.1 Å². The quantitative estimate of drug-likeness (QED) is 0.614. The fourth-order valence-electron chi connectivity index (χ4n) is 2.49. The highest BCUT2D eigenvalue weighted by Gasteiger charge is 2.13. The summed E-state index contributed by atoms with van der Waals surface area (Å²) >= 11 is 3.44. The molecule has 2 rings (SSSR count). The first-order valence-electron chi connectivity index (χ1n) is 7.72. The molecule has 0 bridgehead atoms. The highest BCUT2D eigenvalue weighted by molar-refractivity contribution is 9.10. The van der Waals surface area contributed by atoms with Crippen LogP contribution in [-0.4, -0.2) is 31.4 Å². The molecule has 0 aliphatic heterocycles. The summed E-state index contributed by atoms with van der Waals surface area (Å²) in [6.45, 7) is 1.93. The molecule has 2 aromatic carbocycles. The molecule has 23 heavy (non-hydrogen) atoms. The molecule has 4 heteroatoms. The third kappa shape index (κ3) is 6.26. The van der Waals surface area contributed by atoms with Crippen LogP contribution >= 0.6 is 15.9 Å². The van der Waals surface area contributed by atoms with Crippen molar-refractivity contribution in [2.45, 2.75) is 19.1 Å². The molecule has 122 valence electrons. The molecule has 0 amide bonds. The zero-order valence-corrected chi connectivity index (χ0v) is 14.9. The first-order valence-corrected chi connectivity index (χ1v) is 8.51. The summed E-state index contributed by atoms with van der Waals surface area (Å²) in [5, 5.41) is 0. The van der Waals surface area contributed by atoms with Crippen LogP contribution in [0.3, 0.4) is 0 Å². The first-order chi connectivity index (χ1) is 11.2. The molecule has 1 unspecified atom stereocenters. The van der Waals surface area contributed by atoms with Crippen molar-refractivity contribution in [3.63, 3.8) is 0 Å². The molecule has 0 aromatic heterocycles. The van der Waals surface area contributed by atoms with Crippen LogP contribution in [0.15, 0.2) is 59.1 Å². The van der Waals surface area contributed by atoms with E-state index in [1.54, 1.807) is 0 Å². The van der Waals surface area contributed by atoms with Crippen molar-refractivity contribution < 1.29 is 9.53 Å². The van der Waals surface area contributed by atoms with Crippen molar-refractivity contribution in [2.24, 2.45) is 0 Å². The van der Waals surface area contributed by atoms with E-state index in [0.717, 1.165) is 35.8 Å². The van der Waals surface area contributed by atoms with E-state index in [4.69, 9.17) is 4.74 Å². The SMILES string of the molecule is CN(CCC(OCC=O)c1ccc(Br)cc1)Cc1ccccc1. The number of carbonyl (C=O) groups is 1. The maximum atomic E-state index is 10.6. The van der Waals surface area contributed by atoms with E-state index in [0.29, 0.717) is 0 Å².